The number of nitrogens with zero attached hydrogens (tertiary/aromatic N) is 2. The predicted molar refractivity (Wildman–Crippen MR) is 119 cm³/mol. The molecule has 0 aromatic carbocycles. The molecule has 0 bridgehead atoms. The van der Waals surface area contributed by atoms with Crippen molar-refractivity contribution in [3.63, 3.8) is 0 Å². The van der Waals surface area contributed by atoms with E-state index in [1.807, 2.05) is 0 Å². The average Bonchev–Trinajstić information content (AvgIpc) is 2.69. The van der Waals surface area contributed by atoms with Crippen LogP contribution in [0.1, 0.15) is 53.4 Å². The van der Waals surface area contributed by atoms with Crippen LogP contribution >= 0.6 is 0 Å². The van der Waals surface area contributed by atoms with Crippen LogP contribution in [0.5, 0.6) is 0 Å². The first-order valence-electron chi connectivity index (χ1n) is 11.6. The maximum Gasteiger partial charge on any atom is 0.152 e. The van der Waals surface area contributed by atoms with Crippen molar-refractivity contribution in [3.05, 3.63) is 0 Å². The van der Waals surface area contributed by atoms with Gasteiger partial charge < -0.3 is 19.3 Å². The second kappa shape index (κ2) is 12.6. The van der Waals surface area contributed by atoms with Crippen molar-refractivity contribution < 1.29 is 17.9 Å². The van der Waals surface area contributed by atoms with E-state index in [4.69, 9.17) is 9.47 Å². The van der Waals surface area contributed by atoms with Gasteiger partial charge in [0.15, 0.2) is 9.84 Å². The summed E-state index contributed by atoms with van der Waals surface area (Å²) in [5.41, 5.74) is 0. The molecule has 0 aromatic heterocycles. The predicted octanol–water partition coefficient (Wildman–Crippen LogP) is 2.68. The van der Waals surface area contributed by atoms with Gasteiger partial charge in [-0.3, -0.25) is 0 Å². The van der Waals surface area contributed by atoms with Crippen molar-refractivity contribution in [2.75, 3.05) is 64.0 Å². The van der Waals surface area contributed by atoms with Gasteiger partial charge in [-0.1, -0.05) is 27.7 Å². The van der Waals surface area contributed by atoms with Gasteiger partial charge >= 0.3 is 0 Å². The largest absolute Gasteiger partial charge is 0.378 e. The zero-order valence-electron chi connectivity index (χ0n) is 19.1. The van der Waals surface area contributed by atoms with Crippen LogP contribution in [-0.2, 0) is 19.3 Å². The third kappa shape index (κ3) is 10.6. The molecule has 6 nitrogen and oxygen atoms in total. The Morgan fingerprint density at radius 2 is 1.07 bits per heavy atom. The Labute approximate surface area is 179 Å². The summed E-state index contributed by atoms with van der Waals surface area (Å²) in [6.07, 6.45) is 4.75. The van der Waals surface area contributed by atoms with Crippen LogP contribution in [0.15, 0.2) is 0 Å². The van der Waals surface area contributed by atoms with Crippen LogP contribution < -0.4 is 0 Å². The highest BCUT2D eigenvalue weighted by atomic mass is 32.2. The number of rotatable bonds is 12. The van der Waals surface area contributed by atoms with Crippen molar-refractivity contribution >= 4 is 9.84 Å². The van der Waals surface area contributed by atoms with Crippen LogP contribution in [0.3, 0.4) is 0 Å². The van der Waals surface area contributed by atoms with Crippen LogP contribution in [0.2, 0.25) is 0 Å². The molecule has 2 rings (SSSR count). The van der Waals surface area contributed by atoms with Crippen molar-refractivity contribution in [1.82, 2.24) is 9.80 Å². The summed E-state index contributed by atoms with van der Waals surface area (Å²) in [5, 5.41) is 0. The number of hydrogen-bond acceptors (Lipinski definition) is 6. The summed E-state index contributed by atoms with van der Waals surface area (Å²) in [4.78, 5) is 4.56. The van der Waals surface area contributed by atoms with Gasteiger partial charge in [-0.15, -0.1) is 0 Å². The highest BCUT2D eigenvalue weighted by Crippen LogP contribution is 2.16. The number of piperidine rings is 2. The first-order chi connectivity index (χ1) is 13.7. The lowest BCUT2D eigenvalue weighted by atomic mass is 10.1. The fourth-order valence-corrected chi connectivity index (χ4v) is 5.17. The highest BCUT2D eigenvalue weighted by Gasteiger charge is 2.24. The summed E-state index contributed by atoms with van der Waals surface area (Å²) in [6.45, 7) is 15.4. The van der Waals surface area contributed by atoms with Crippen LogP contribution in [-0.4, -0.2) is 94.4 Å². The Morgan fingerprint density at radius 3 is 1.38 bits per heavy atom. The van der Waals surface area contributed by atoms with Gasteiger partial charge in [0.1, 0.15) is 0 Å². The van der Waals surface area contributed by atoms with E-state index < -0.39 is 9.84 Å². The molecule has 0 aromatic rings. The molecule has 0 radical (unpaired) electrons. The summed E-state index contributed by atoms with van der Waals surface area (Å²) >= 11 is 0. The first kappa shape index (κ1) is 25.1. The second-order valence-electron chi connectivity index (χ2n) is 9.69. The Kier molecular flexibility index (Phi) is 10.9. The van der Waals surface area contributed by atoms with Crippen LogP contribution in [0, 0.1) is 11.8 Å². The van der Waals surface area contributed by atoms with E-state index in [1.54, 1.807) is 0 Å². The number of sulfone groups is 1. The topological polar surface area (TPSA) is 59.1 Å². The smallest absolute Gasteiger partial charge is 0.152 e. The van der Waals surface area contributed by atoms with Crippen LogP contribution in [0.4, 0.5) is 0 Å². The monoisotopic (exact) mass is 432 g/mol. The minimum atomic E-state index is -3.00. The normalized spacial score (nSPS) is 21.4. The zero-order valence-corrected chi connectivity index (χ0v) is 20.0. The average molecular weight is 433 g/mol. The van der Waals surface area contributed by atoms with E-state index in [-0.39, 0.29) is 11.5 Å². The molecule has 0 N–H and O–H groups in total. The number of likely N-dealkylation sites (tertiary alicyclic amines) is 2. The van der Waals surface area contributed by atoms with E-state index in [0.717, 1.165) is 65.1 Å². The molecule has 2 saturated heterocycles. The van der Waals surface area contributed by atoms with Gasteiger partial charge in [0, 0.05) is 52.5 Å². The molecule has 7 heteroatoms. The lowest BCUT2D eigenvalue weighted by Crippen LogP contribution is -2.42. The van der Waals surface area contributed by atoms with E-state index in [2.05, 4.69) is 37.5 Å². The summed E-state index contributed by atoms with van der Waals surface area (Å²) in [5.74, 6) is 1.69. The summed E-state index contributed by atoms with van der Waals surface area (Å²) in [7, 11) is -3.00. The standard InChI is InChI=1S/C22H44N2O4S/c1-19(2)17-27-21-5-9-23(10-6-21)13-15-29(25,26)16-14-24-11-7-22(8-12-24)28-18-20(3)4/h19-22H,5-18H2,1-4H3. The fourth-order valence-electron chi connectivity index (χ4n) is 3.89. The minimum Gasteiger partial charge on any atom is -0.378 e. The van der Waals surface area contributed by atoms with Crippen LogP contribution in [0.25, 0.3) is 0 Å². The molecular weight excluding hydrogens is 388 g/mol. The van der Waals surface area contributed by atoms with Crippen molar-refractivity contribution in [3.8, 4) is 0 Å². The van der Waals surface area contributed by atoms with Gasteiger partial charge in [0.05, 0.1) is 23.7 Å². The molecule has 2 fully saturated rings. The van der Waals surface area contributed by atoms with Gasteiger partial charge in [-0.2, -0.15) is 0 Å². The van der Waals surface area contributed by atoms with E-state index in [0.29, 0.717) is 37.1 Å². The summed E-state index contributed by atoms with van der Waals surface area (Å²) in [6, 6.07) is 0. The van der Waals surface area contributed by atoms with Crippen molar-refractivity contribution in [2.45, 2.75) is 65.6 Å². The minimum absolute atomic E-state index is 0.276. The van der Waals surface area contributed by atoms with E-state index >= 15 is 0 Å². The van der Waals surface area contributed by atoms with Crippen molar-refractivity contribution in [1.29, 1.82) is 0 Å². The fraction of sp³-hybridized carbons (Fsp3) is 1.00. The molecule has 172 valence electrons. The zero-order chi connectivity index (χ0) is 21.3. The molecule has 2 aliphatic rings. The summed E-state index contributed by atoms with van der Waals surface area (Å²) < 4.78 is 36.8. The molecule has 0 saturated carbocycles. The second-order valence-corrected chi connectivity index (χ2v) is 12.0. The maximum atomic E-state index is 12.5. The molecule has 2 aliphatic heterocycles. The van der Waals surface area contributed by atoms with E-state index in [1.165, 1.54) is 0 Å². The maximum absolute atomic E-state index is 12.5. The van der Waals surface area contributed by atoms with Gasteiger partial charge in [-0.05, 0) is 37.5 Å². The molecular formula is C22H44N2O4S. The third-order valence-corrected chi connectivity index (χ3v) is 7.45. The SMILES string of the molecule is CC(C)COC1CCN(CCS(=O)(=O)CCN2CCC(OCC(C)C)CC2)CC1. The molecule has 0 aliphatic carbocycles. The van der Waals surface area contributed by atoms with Gasteiger partial charge in [-0.25, -0.2) is 8.42 Å². The molecule has 2 heterocycles. The number of ether oxygens (including phenoxy) is 2. The third-order valence-electron chi connectivity index (χ3n) is 5.84. The highest BCUT2D eigenvalue weighted by molar-refractivity contribution is 7.91. The van der Waals surface area contributed by atoms with E-state index in [9.17, 15) is 8.42 Å². The lowest BCUT2D eigenvalue weighted by Gasteiger charge is -2.33. The molecule has 0 amide bonds. The first-order valence-corrected chi connectivity index (χ1v) is 13.4. The lowest BCUT2D eigenvalue weighted by molar-refractivity contribution is -0.00353. The van der Waals surface area contributed by atoms with Gasteiger partial charge in [0.25, 0.3) is 0 Å². The molecule has 0 atom stereocenters. The molecule has 0 unspecified atom stereocenters. The Morgan fingerprint density at radius 1 is 0.724 bits per heavy atom. The quantitative estimate of drug-likeness (QED) is 0.473. The number of hydrogen-bond donors (Lipinski definition) is 0. The molecule has 0 spiro atoms. The Balaban J connectivity index is 1.57. The van der Waals surface area contributed by atoms with Gasteiger partial charge in [0.2, 0.25) is 0 Å². The Bertz CT molecular complexity index is 495. The van der Waals surface area contributed by atoms with Crippen molar-refractivity contribution in [2.24, 2.45) is 11.8 Å². The Hall–Kier alpha value is -0.210. The molecule has 29 heavy (non-hydrogen) atoms.